The molecule has 2 N–H and O–H groups in total. The molecule has 0 aliphatic carbocycles. The molecular weight excluding hydrogens is 252 g/mol. The average molecular weight is 276 g/mol. The molecule has 0 saturated carbocycles. The maximum absolute atomic E-state index is 5.75. The molecule has 110 valence electrons. The summed E-state index contributed by atoms with van der Waals surface area (Å²) in [6.07, 6.45) is 3.36. The monoisotopic (exact) mass is 276 g/mol. The van der Waals surface area contributed by atoms with Crippen LogP contribution in [-0.4, -0.2) is 44.9 Å². The fourth-order valence-electron chi connectivity index (χ4n) is 2.29. The standard InChI is InChI=1S/C16H24N2O2/c1-19-13-15-6-8-18(9-7-15)10-11-20-16-4-2-14(12-17)3-5-16/h2-6H,7-13,17H2,1H3. The zero-order chi connectivity index (χ0) is 14.2. The third-order valence-corrected chi connectivity index (χ3v) is 3.55. The molecule has 0 amide bonds. The Labute approximate surface area is 121 Å². The van der Waals surface area contributed by atoms with E-state index in [2.05, 4.69) is 11.0 Å². The van der Waals surface area contributed by atoms with E-state index in [9.17, 15) is 0 Å². The lowest BCUT2D eigenvalue weighted by Crippen LogP contribution is -2.33. The molecule has 1 heterocycles. The van der Waals surface area contributed by atoms with Crippen LogP contribution >= 0.6 is 0 Å². The minimum atomic E-state index is 0.574. The number of hydrogen-bond acceptors (Lipinski definition) is 4. The quantitative estimate of drug-likeness (QED) is 0.772. The van der Waals surface area contributed by atoms with Crippen LogP contribution in [0.4, 0.5) is 0 Å². The van der Waals surface area contributed by atoms with Gasteiger partial charge in [-0.05, 0) is 29.7 Å². The summed E-state index contributed by atoms with van der Waals surface area (Å²) in [5, 5.41) is 0. The Morgan fingerprint density at radius 3 is 2.65 bits per heavy atom. The molecule has 0 saturated heterocycles. The van der Waals surface area contributed by atoms with Crippen LogP contribution in [0.15, 0.2) is 35.9 Å². The fraction of sp³-hybridized carbons (Fsp3) is 0.500. The van der Waals surface area contributed by atoms with Gasteiger partial charge in [0.25, 0.3) is 0 Å². The van der Waals surface area contributed by atoms with Crippen LogP contribution in [0.1, 0.15) is 12.0 Å². The van der Waals surface area contributed by atoms with Gasteiger partial charge in [-0.25, -0.2) is 0 Å². The smallest absolute Gasteiger partial charge is 0.119 e. The zero-order valence-electron chi connectivity index (χ0n) is 12.2. The molecule has 1 aromatic carbocycles. The molecule has 1 aromatic rings. The van der Waals surface area contributed by atoms with Crippen LogP contribution in [-0.2, 0) is 11.3 Å². The number of nitrogens with two attached hydrogens (primary N) is 1. The Bertz CT molecular complexity index is 429. The largest absolute Gasteiger partial charge is 0.492 e. The van der Waals surface area contributed by atoms with Crippen molar-refractivity contribution in [2.24, 2.45) is 5.73 Å². The van der Waals surface area contributed by atoms with Crippen molar-refractivity contribution >= 4 is 0 Å². The Morgan fingerprint density at radius 2 is 2.05 bits per heavy atom. The van der Waals surface area contributed by atoms with Gasteiger partial charge in [-0.2, -0.15) is 0 Å². The van der Waals surface area contributed by atoms with Gasteiger partial charge in [-0.3, -0.25) is 4.90 Å². The summed E-state index contributed by atoms with van der Waals surface area (Å²) in [4.78, 5) is 2.40. The molecule has 0 fully saturated rings. The van der Waals surface area contributed by atoms with Gasteiger partial charge in [0.1, 0.15) is 12.4 Å². The zero-order valence-corrected chi connectivity index (χ0v) is 12.2. The second kappa shape index (κ2) is 8.04. The second-order valence-electron chi connectivity index (χ2n) is 5.04. The molecule has 0 spiro atoms. The van der Waals surface area contributed by atoms with Crippen LogP contribution in [0, 0.1) is 0 Å². The first-order valence-electron chi connectivity index (χ1n) is 7.13. The summed E-state index contributed by atoms with van der Waals surface area (Å²) in [5.41, 5.74) is 8.10. The van der Waals surface area contributed by atoms with Crippen LogP contribution in [0.2, 0.25) is 0 Å². The Balaban J connectivity index is 1.68. The van der Waals surface area contributed by atoms with Crippen molar-refractivity contribution in [1.82, 2.24) is 4.90 Å². The van der Waals surface area contributed by atoms with Gasteiger partial charge < -0.3 is 15.2 Å². The number of ether oxygens (including phenoxy) is 2. The second-order valence-corrected chi connectivity index (χ2v) is 5.04. The third-order valence-electron chi connectivity index (χ3n) is 3.55. The molecular formula is C16H24N2O2. The summed E-state index contributed by atoms with van der Waals surface area (Å²) in [7, 11) is 1.75. The number of rotatable bonds is 7. The molecule has 0 radical (unpaired) electrons. The highest BCUT2D eigenvalue weighted by molar-refractivity contribution is 5.27. The summed E-state index contributed by atoms with van der Waals surface area (Å²) in [6.45, 7) is 5.09. The Hall–Kier alpha value is -1.36. The van der Waals surface area contributed by atoms with Crippen LogP contribution in [0.5, 0.6) is 5.75 Å². The van der Waals surface area contributed by atoms with E-state index in [0.717, 1.165) is 50.6 Å². The number of hydrogen-bond donors (Lipinski definition) is 1. The van der Waals surface area contributed by atoms with Gasteiger partial charge in [0, 0.05) is 33.3 Å². The fourth-order valence-corrected chi connectivity index (χ4v) is 2.29. The van der Waals surface area contributed by atoms with Gasteiger partial charge in [0.05, 0.1) is 6.61 Å². The van der Waals surface area contributed by atoms with E-state index >= 15 is 0 Å². The molecule has 4 heteroatoms. The molecule has 0 bridgehead atoms. The Kier molecular flexibility index (Phi) is 6.05. The maximum atomic E-state index is 5.75. The van der Waals surface area contributed by atoms with Crippen molar-refractivity contribution in [2.75, 3.05) is 40.0 Å². The highest BCUT2D eigenvalue weighted by atomic mass is 16.5. The molecule has 4 nitrogen and oxygen atoms in total. The third kappa shape index (κ3) is 4.63. The summed E-state index contributed by atoms with van der Waals surface area (Å²) in [5.74, 6) is 0.912. The topological polar surface area (TPSA) is 47.7 Å². The lowest BCUT2D eigenvalue weighted by atomic mass is 10.1. The predicted molar refractivity (Wildman–Crippen MR) is 80.8 cm³/mol. The van der Waals surface area contributed by atoms with E-state index in [4.69, 9.17) is 15.2 Å². The number of benzene rings is 1. The minimum Gasteiger partial charge on any atom is -0.492 e. The highest BCUT2D eigenvalue weighted by Crippen LogP contribution is 2.13. The van der Waals surface area contributed by atoms with Gasteiger partial charge in [0.15, 0.2) is 0 Å². The van der Waals surface area contributed by atoms with Gasteiger partial charge in [0.2, 0.25) is 0 Å². The van der Waals surface area contributed by atoms with E-state index < -0.39 is 0 Å². The van der Waals surface area contributed by atoms with Crippen molar-refractivity contribution in [1.29, 1.82) is 0 Å². The number of nitrogens with zero attached hydrogens (tertiary/aromatic N) is 1. The first-order valence-corrected chi connectivity index (χ1v) is 7.13. The normalized spacial score (nSPS) is 16.0. The van der Waals surface area contributed by atoms with Gasteiger partial charge >= 0.3 is 0 Å². The van der Waals surface area contributed by atoms with E-state index in [0.29, 0.717) is 6.54 Å². The molecule has 2 rings (SSSR count). The lowest BCUT2D eigenvalue weighted by molar-refractivity contribution is 0.197. The van der Waals surface area contributed by atoms with Crippen LogP contribution in [0.25, 0.3) is 0 Å². The van der Waals surface area contributed by atoms with E-state index in [1.165, 1.54) is 5.57 Å². The van der Waals surface area contributed by atoms with Crippen molar-refractivity contribution in [3.05, 3.63) is 41.5 Å². The SMILES string of the molecule is COCC1=CCN(CCOc2ccc(CN)cc2)CC1. The van der Waals surface area contributed by atoms with Gasteiger partial charge in [-0.15, -0.1) is 0 Å². The van der Waals surface area contributed by atoms with Crippen molar-refractivity contribution in [2.45, 2.75) is 13.0 Å². The molecule has 1 aliphatic rings. The Morgan fingerprint density at radius 1 is 1.25 bits per heavy atom. The first kappa shape index (κ1) is 15.0. The summed E-state index contributed by atoms with van der Waals surface area (Å²) in [6, 6.07) is 7.98. The molecule has 0 unspecified atom stereocenters. The lowest BCUT2D eigenvalue weighted by Gasteiger charge is -2.26. The van der Waals surface area contributed by atoms with Crippen LogP contribution < -0.4 is 10.5 Å². The van der Waals surface area contributed by atoms with Gasteiger partial charge in [-0.1, -0.05) is 18.2 Å². The molecule has 0 atom stereocenters. The molecule has 0 aromatic heterocycles. The van der Waals surface area contributed by atoms with Crippen molar-refractivity contribution in [3.8, 4) is 5.75 Å². The van der Waals surface area contributed by atoms with Crippen LogP contribution in [0.3, 0.4) is 0 Å². The minimum absolute atomic E-state index is 0.574. The van der Waals surface area contributed by atoms with E-state index in [1.807, 2.05) is 24.3 Å². The van der Waals surface area contributed by atoms with E-state index in [-0.39, 0.29) is 0 Å². The predicted octanol–water partition coefficient (Wildman–Crippen LogP) is 1.80. The summed E-state index contributed by atoms with van der Waals surface area (Å²) >= 11 is 0. The van der Waals surface area contributed by atoms with Crippen molar-refractivity contribution < 1.29 is 9.47 Å². The summed E-state index contributed by atoms with van der Waals surface area (Å²) < 4.78 is 10.9. The first-order chi connectivity index (χ1) is 9.81. The highest BCUT2D eigenvalue weighted by Gasteiger charge is 2.11. The number of methoxy groups -OCH3 is 1. The average Bonchev–Trinajstić information content (AvgIpc) is 2.50. The van der Waals surface area contributed by atoms with Crippen molar-refractivity contribution in [3.63, 3.8) is 0 Å². The maximum Gasteiger partial charge on any atom is 0.119 e. The van der Waals surface area contributed by atoms with E-state index in [1.54, 1.807) is 7.11 Å². The molecule has 20 heavy (non-hydrogen) atoms. The molecule has 1 aliphatic heterocycles.